The average molecular weight is 519 g/mol. The first-order chi connectivity index (χ1) is 18.0. The molecule has 2 aliphatic rings. The van der Waals surface area contributed by atoms with Crippen LogP contribution in [0, 0.1) is 24.1 Å². The molecule has 0 radical (unpaired) electrons. The van der Waals surface area contributed by atoms with Crippen molar-refractivity contribution in [1.82, 2.24) is 19.9 Å². The smallest absolute Gasteiger partial charge is 0.180 e. The molecule has 0 amide bonds. The standard InChI is InChI=1S/C26H20F2N6O2S/c1-2-5-35-16-8-20-23(31-10-16)19(32-13-33-20)7-15-3-4-18(28)17(6-15)25(12-27)21-9-26(21,37-24(29)34-25)22-11-30-14-36-22/h1,3-4,6,8,10-11,13-14,21H,5,7,9,12H2,(H2,29,34)/t21-,25+,26-/m0/s1. The molecule has 4 aromatic rings. The van der Waals surface area contributed by atoms with Crippen molar-refractivity contribution in [1.29, 1.82) is 0 Å². The Bertz CT molecular complexity index is 1570. The number of nitrogens with two attached hydrogens (primary N) is 1. The predicted octanol–water partition coefficient (Wildman–Crippen LogP) is 3.90. The number of hydrogen-bond acceptors (Lipinski definition) is 9. The molecule has 1 aliphatic heterocycles. The lowest BCUT2D eigenvalue weighted by Gasteiger charge is -2.34. The van der Waals surface area contributed by atoms with Gasteiger partial charge in [0.05, 0.1) is 28.4 Å². The predicted molar refractivity (Wildman–Crippen MR) is 134 cm³/mol. The van der Waals surface area contributed by atoms with Gasteiger partial charge in [0, 0.05) is 24.0 Å². The molecule has 0 unspecified atom stereocenters. The number of benzene rings is 1. The Morgan fingerprint density at radius 1 is 1.24 bits per heavy atom. The van der Waals surface area contributed by atoms with E-state index in [1.165, 1.54) is 30.5 Å². The third kappa shape index (κ3) is 3.79. The van der Waals surface area contributed by atoms with Crippen LogP contribution in [0.1, 0.15) is 29.0 Å². The van der Waals surface area contributed by atoms with E-state index in [9.17, 15) is 4.39 Å². The zero-order valence-corrected chi connectivity index (χ0v) is 20.2. The molecule has 6 rings (SSSR count). The molecule has 0 spiro atoms. The molecule has 0 bridgehead atoms. The molecule has 0 saturated heterocycles. The van der Waals surface area contributed by atoms with E-state index in [4.69, 9.17) is 21.3 Å². The van der Waals surface area contributed by atoms with E-state index in [0.717, 1.165) is 5.56 Å². The number of fused-ring (bicyclic) bond motifs is 2. The lowest BCUT2D eigenvalue weighted by atomic mass is 9.83. The summed E-state index contributed by atoms with van der Waals surface area (Å²) < 4.78 is 40.6. The number of rotatable bonds is 7. The van der Waals surface area contributed by atoms with Gasteiger partial charge >= 0.3 is 0 Å². The molecule has 1 aliphatic carbocycles. The second kappa shape index (κ2) is 8.81. The maximum atomic E-state index is 15.3. The number of pyridine rings is 1. The minimum absolute atomic E-state index is 0.115. The van der Waals surface area contributed by atoms with E-state index in [-0.39, 0.29) is 23.3 Å². The number of aromatic nitrogens is 4. The summed E-state index contributed by atoms with van der Waals surface area (Å²) in [7, 11) is 0. The van der Waals surface area contributed by atoms with Gasteiger partial charge in [-0.25, -0.2) is 33.7 Å². The average Bonchev–Trinajstić information content (AvgIpc) is 3.38. The van der Waals surface area contributed by atoms with Crippen LogP contribution < -0.4 is 10.5 Å². The van der Waals surface area contributed by atoms with Crippen molar-refractivity contribution < 1.29 is 17.9 Å². The Hall–Kier alpha value is -4.04. The SMILES string of the molecule is C#CCOc1cnc2c(Cc3ccc(F)c([C@@]4(CF)N=C(N)S[C@@]5(c6cnco6)C[C@@H]45)c3)ncnc2c1. The van der Waals surface area contributed by atoms with Crippen molar-refractivity contribution in [2.75, 3.05) is 13.3 Å². The van der Waals surface area contributed by atoms with Crippen molar-refractivity contribution in [2.45, 2.75) is 23.1 Å². The maximum Gasteiger partial charge on any atom is 0.180 e. The van der Waals surface area contributed by atoms with Gasteiger partial charge in [0.2, 0.25) is 0 Å². The van der Waals surface area contributed by atoms with Crippen LogP contribution in [0.4, 0.5) is 8.78 Å². The first-order valence-corrected chi connectivity index (χ1v) is 12.2. The number of hydrogen-bond donors (Lipinski definition) is 1. The van der Waals surface area contributed by atoms with Gasteiger partial charge in [-0.3, -0.25) is 0 Å². The van der Waals surface area contributed by atoms with Gasteiger partial charge in [-0.15, -0.1) is 6.42 Å². The van der Waals surface area contributed by atoms with Gasteiger partial charge < -0.3 is 14.9 Å². The van der Waals surface area contributed by atoms with Crippen LogP contribution in [-0.2, 0) is 16.7 Å². The number of thioether (sulfide) groups is 1. The van der Waals surface area contributed by atoms with Crippen LogP contribution in [0.5, 0.6) is 5.75 Å². The lowest BCUT2D eigenvalue weighted by Crippen LogP contribution is -2.39. The van der Waals surface area contributed by atoms with Gasteiger partial charge in [0.15, 0.2) is 11.6 Å². The number of amidine groups is 1. The van der Waals surface area contributed by atoms with E-state index in [0.29, 0.717) is 41.1 Å². The third-order valence-electron chi connectivity index (χ3n) is 6.85. The van der Waals surface area contributed by atoms with Crippen molar-refractivity contribution in [2.24, 2.45) is 16.6 Å². The second-order valence-electron chi connectivity index (χ2n) is 8.96. The highest BCUT2D eigenvalue weighted by atomic mass is 32.2. The molecule has 11 heteroatoms. The molecule has 3 atom stereocenters. The van der Waals surface area contributed by atoms with Gasteiger partial charge in [-0.05, 0) is 24.1 Å². The number of oxazole rings is 1. The van der Waals surface area contributed by atoms with E-state index in [2.05, 4.69) is 30.8 Å². The number of halogens is 2. The minimum Gasteiger partial charge on any atom is -0.479 e. The monoisotopic (exact) mass is 518 g/mol. The first-order valence-electron chi connectivity index (χ1n) is 11.4. The Balaban J connectivity index is 1.37. The topological polar surface area (TPSA) is 112 Å². The summed E-state index contributed by atoms with van der Waals surface area (Å²) in [5, 5.41) is 0.182. The normalized spacial score (nSPS) is 24.2. The fourth-order valence-electron chi connectivity index (χ4n) is 5.10. The van der Waals surface area contributed by atoms with Crippen molar-refractivity contribution in [3.05, 3.63) is 77.8 Å². The zero-order chi connectivity index (χ0) is 25.6. The highest BCUT2D eigenvalue weighted by Crippen LogP contribution is 2.71. The summed E-state index contributed by atoms with van der Waals surface area (Å²) in [6, 6.07) is 6.34. The van der Waals surface area contributed by atoms with E-state index in [1.54, 1.807) is 30.6 Å². The molecular formula is C26H20F2N6O2S. The number of terminal acetylenes is 1. The molecular weight excluding hydrogens is 498 g/mol. The summed E-state index contributed by atoms with van der Waals surface area (Å²) in [5.41, 5.74) is 7.34. The van der Waals surface area contributed by atoms with E-state index in [1.807, 2.05) is 0 Å². The molecule has 8 nitrogen and oxygen atoms in total. The first kappa shape index (κ1) is 23.4. The molecule has 37 heavy (non-hydrogen) atoms. The maximum absolute atomic E-state index is 15.3. The van der Waals surface area contributed by atoms with Crippen molar-refractivity contribution in [3.8, 4) is 18.1 Å². The third-order valence-corrected chi connectivity index (χ3v) is 8.17. The highest BCUT2D eigenvalue weighted by molar-refractivity contribution is 8.14. The van der Waals surface area contributed by atoms with Gasteiger partial charge in [-0.2, -0.15) is 0 Å². The number of nitrogens with zero attached hydrogens (tertiary/aromatic N) is 5. The Morgan fingerprint density at radius 3 is 2.92 bits per heavy atom. The van der Waals surface area contributed by atoms with Crippen LogP contribution in [0.3, 0.4) is 0 Å². The summed E-state index contributed by atoms with van der Waals surface area (Å²) in [4.78, 5) is 21.6. The Kier molecular flexibility index (Phi) is 5.56. The van der Waals surface area contributed by atoms with Crippen LogP contribution in [0.25, 0.3) is 11.0 Å². The van der Waals surface area contributed by atoms with Crippen LogP contribution >= 0.6 is 11.8 Å². The van der Waals surface area contributed by atoms with Crippen LogP contribution in [-0.4, -0.2) is 38.4 Å². The van der Waals surface area contributed by atoms with Gasteiger partial charge in [0.1, 0.15) is 48.0 Å². The Labute approximate surface area is 214 Å². The number of ether oxygens (including phenoxy) is 1. The largest absolute Gasteiger partial charge is 0.479 e. The van der Waals surface area contributed by atoms with Gasteiger partial charge in [-0.1, -0.05) is 23.7 Å². The molecule has 3 aromatic heterocycles. The number of aliphatic imine (C=N–C) groups is 1. The van der Waals surface area contributed by atoms with E-state index < -0.39 is 22.8 Å². The minimum atomic E-state index is -1.47. The Morgan fingerprint density at radius 2 is 2.14 bits per heavy atom. The molecule has 1 saturated carbocycles. The molecule has 4 heterocycles. The summed E-state index contributed by atoms with van der Waals surface area (Å²) in [5.74, 6) is 2.59. The fraction of sp³-hybridized carbons (Fsp3) is 0.269. The van der Waals surface area contributed by atoms with Gasteiger partial charge in [0.25, 0.3) is 0 Å². The number of alkyl halides is 1. The van der Waals surface area contributed by atoms with Crippen molar-refractivity contribution >= 4 is 28.0 Å². The van der Waals surface area contributed by atoms with E-state index >= 15 is 4.39 Å². The quantitative estimate of drug-likeness (QED) is 0.367. The molecule has 186 valence electrons. The molecule has 1 fully saturated rings. The summed E-state index contributed by atoms with van der Waals surface area (Å²) in [6.45, 7) is -0.794. The fourth-order valence-corrected chi connectivity index (χ4v) is 6.47. The summed E-state index contributed by atoms with van der Waals surface area (Å²) in [6.07, 6.45) is 12.0. The zero-order valence-electron chi connectivity index (χ0n) is 19.4. The highest BCUT2D eigenvalue weighted by Gasteiger charge is 2.70. The summed E-state index contributed by atoms with van der Waals surface area (Å²) >= 11 is 1.31. The molecule has 2 N–H and O–H groups in total. The second-order valence-corrected chi connectivity index (χ2v) is 10.3. The van der Waals surface area contributed by atoms with Crippen LogP contribution in [0.15, 0.2) is 58.8 Å². The lowest BCUT2D eigenvalue weighted by molar-refractivity contribution is 0.259. The van der Waals surface area contributed by atoms with Crippen LogP contribution in [0.2, 0.25) is 0 Å². The molecule has 1 aromatic carbocycles. The van der Waals surface area contributed by atoms with Crippen molar-refractivity contribution in [3.63, 3.8) is 0 Å².